The van der Waals surface area contributed by atoms with Crippen LogP contribution in [-0.4, -0.2) is 62.2 Å². The van der Waals surface area contributed by atoms with Crippen molar-refractivity contribution in [3.8, 4) is 0 Å². The Morgan fingerprint density at radius 1 is 1.12 bits per heavy atom. The molecule has 16 heavy (non-hydrogen) atoms. The summed E-state index contributed by atoms with van der Waals surface area (Å²) in [4.78, 5) is 5.06. The lowest BCUT2D eigenvalue weighted by molar-refractivity contribution is 0.0930. The van der Waals surface area contributed by atoms with Gasteiger partial charge in [0, 0.05) is 32.2 Å². The molecule has 2 unspecified atom stereocenters. The summed E-state index contributed by atoms with van der Waals surface area (Å²) in [7, 11) is 2.22. The monoisotopic (exact) mass is 227 g/mol. The van der Waals surface area contributed by atoms with E-state index in [0.717, 1.165) is 19.0 Å². The number of nitrogens with zero attached hydrogens (tertiary/aromatic N) is 2. The predicted molar refractivity (Wildman–Crippen MR) is 70.9 cm³/mol. The lowest BCUT2D eigenvalue weighted by atomic mass is 10.0. The number of likely N-dealkylation sites (N-methyl/N-ethyl adjacent to an activating group) is 1. The Morgan fingerprint density at radius 2 is 1.75 bits per heavy atom. The van der Waals surface area contributed by atoms with Gasteiger partial charge in [-0.05, 0) is 39.4 Å². The highest BCUT2D eigenvalue weighted by Gasteiger charge is 2.22. The highest BCUT2D eigenvalue weighted by Crippen LogP contribution is 2.12. The Kier molecular flexibility index (Phi) is 6.32. The number of piperazine rings is 1. The molecule has 0 aliphatic carbocycles. The number of hydrogen-bond donors (Lipinski definition) is 1. The second kappa shape index (κ2) is 7.25. The Bertz CT molecular complexity index is 176. The third kappa shape index (κ3) is 4.40. The van der Waals surface area contributed by atoms with Crippen molar-refractivity contribution in [1.29, 1.82) is 0 Å². The van der Waals surface area contributed by atoms with E-state index in [9.17, 15) is 0 Å². The van der Waals surface area contributed by atoms with Crippen LogP contribution in [0, 0.1) is 5.92 Å². The molecule has 1 rings (SSSR count). The van der Waals surface area contributed by atoms with Crippen LogP contribution in [0.15, 0.2) is 0 Å². The van der Waals surface area contributed by atoms with Gasteiger partial charge < -0.3 is 10.2 Å². The molecule has 96 valence electrons. The molecule has 0 spiro atoms. The first-order chi connectivity index (χ1) is 7.65. The molecular formula is C13H29N3. The second-order valence-electron chi connectivity index (χ2n) is 5.26. The van der Waals surface area contributed by atoms with Crippen LogP contribution < -0.4 is 5.32 Å². The molecule has 0 aromatic rings. The molecule has 1 aliphatic rings. The molecule has 0 saturated carbocycles. The molecule has 0 aromatic carbocycles. The van der Waals surface area contributed by atoms with Crippen molar-refractivity contribution in [2.75, 3.05) is 46.3 Å². The van der Waals surface area contributed by atoms with Gasteiger partial charge in [-0.15, -0.1) is 0 Å². The molecular weight excluding hydrogens is 198 g/mol. The Labute approximate surface area is 101 Å². The van der Waals surface area contributed by atoms with Gasteiger partial charge >= 0.3 is 0 Å². The predicted octanol–water partition coefficient (Wildman–Crippen LogP) is 1.26. The zero-order valence-corrected chi connectivity index (χ0v) is 11.5. The maximum atomic E-state index is 3.53. The van der Waals surface area contributed by atoms with Crippen LogP contribution in [0.5, 0.6) is 0 Å². The average Bonchev–Trinajstić information content (AvgIpc) is 2.29. The lowest BCUT2D eigenvalue weighted by Crippen LogP contribution is -2.51. The first-order valence-electron chi connectivity index (χ1n) is 6.78. The van der Waals surface area contributed by atoms with Gasteiger partial charge in [-0.1, -0.05) is 13.8 Å². The molecule has 0 radical (unpaired) electrons. The minimum atomic E-state index is 0.707. The van der Waals surface area contributed by atoms with E-state index in [1.54, 1.807) is 0 Å². The van der Waals surface area contributed by atoms with E-state index in [1.807, 2.05) is 0 Å². The maximum Gasteiger partial charge on any atom is 0.0113 e. The molecule has 0 bridgehead atoms. The topological polar surface area (TPSA) is 18.5 Å². The fraction of sp³-hybridized carbons (Fsp3) is 1.00. The molecule has 1 fully saturated rings. The highest BCUT2D eigenvalue weighted by atomic mass is 15.3. The molecule has 1 N–H and O–H groups in total. The molecule has 0 aromatic heterocycles. The van der Waals surface area contributed by atoms with Gasteiger partial charge in [0.2, 0.25) is 0 Å². The lowest BCUT2D eigenvalue weighted by Gasteiger charge is -2.39. The van der Waals surface area contributed by atoms with E-state index in [0.29, 0.717) is 6.04 Å². The molecule has 0 amide bonds. The quantitative estimate of drug-likeness (QED) is 0.689. The Morgan fingerprint density at radius 3 is 2.31 bits per heavy atom. The molecule has 3 heteroatoms. The summed E-state index contributed by atoms with van der Waals surface area (Å²) in [6, 6.07) is 0.707. The first kappa shape index (κ1) is 13.9. The van der Waals surface area contributed by atoms with Crippen molar-refractivity contribution in [2.45, 2.75) is 33.2 Å². The average molecular weight is 227 g/mol. The molecule has 1 aliphatic heterocycles. The molecule has 1 heterocycles. The van der Waals surface area contributed by atoms with Crippen molar-refractivity contribution in [3.63, 3.8) is 0 Å². The van der Waals surface area contributed by atoms with Gasteiger partial charge in [-0.3, -0.25) is 4.90 Å². The fourth-order valence-electron chi connectivity index (χ4n) is 2.27. The summed E-state index contributed by atoms with van der Waals surface area (Å²) in [5, 5.41) is 3.53. The highest BCUT2D eigenvalue weighted by molar-refractivity contribution is 4.78. The summed E-state index contributed by atoms with van der Waals surface area (Å²) in [5.41, 5.74) is 0. The van der Waals surface area contributed by atoms with Crippen LogP contribution in [0.2, 0.25) is 0 Å². The number of rotatable bonds is 6. The summed E-state index contributed by atoms with van der Waals surface area (Å²) in [5.74, 6) is 0.745. The minimum Gasteiger partial charge on any atom is -0.316 e. The van der Waals surface area contributed by atoms with Crippen molar-refractivity contribution in [2.24, 2.45) is 5.92 Å². The third-order valence-electron chi connectivity index (χ3n) is 3.83. The van der Waals surface area contributed by atoms with E-state index in [2.05, 4.69) is 42.9 Å². The van der Waals surface area contributed by atoms with Gasteiger partial charge in [-0.2, -0.15) is 0 Å². The first-order valence-corrected chi connectivity index (χ1v) is 6.78. The number of hydrogen-bond acceptors (Lipinski definition) is 3. The third-order valence-corrected chi connectivity index (χ3v) is 3.83. The SMILES string of the molecule is CCCNCC(C)C(C)N1CCN(C)CC1. The van der Waals surface area contributed by atoms with E-state index < -0.39 is 0 Å². The zero-order chi connectivity index (χ0) is 12.0. The van der Waals surface area contributed by atoms with Crippen LogP contribution in [0.4, 0.5) is 0 Å². The smallest absolute Gasteiger partial charge is 0.0113 e. The largest absolute Gasteiger partial charge is 0.316 e. The summed E-state index contributed by atoms with van der Waals surface area (Å²) in [6.07, 6.45) is 1.23. The van der Waals surface area contributed by atoms with Gasteiger partial charge in [0.15, 0.2) is 0 Å². The van der Waals surface area contributed by atoms with E-state index in [1.165, 1.54) is 32.6 Å². The van der Waals surface area contributed by atoms with E-state index in [-0.39, 0.29) is 0 Å². The van der Waals surface area contributed by atoms with Crippen molar-refractivity contribution >= 4 is 0 Å². The second-order valence-corrected chi connectivity index (χ2v) is 5.26. The Balaban J connectivity index is 2.24. The van der Waals surface area contributed by atoms with Crippen LogP contribution >= 0.6 is 0 Å². The Hall–Kier alpha value is -0.120. The molecule has 2 atom stereocenters. The summed E-state index contributed by atoms with van der Waals surface area (Å²) >= 11 is 0. The van der Waals surface area contributed by atoms with Crippen molar-refractivity contribution in [1.82, 2.24) is 15.1 Å². The van der Waals surface area contributed by atoms with Gasteiger partial charge in [0.1, 0.15) is 0 Å². The van der Waals surface area contributed by atoms with Crippen LogP contribution in [0.3, 0.4) is 0 Å². The molecule has 1 saturated heterocycles. The van der Waals surface area contributed by atoms with Gasteiger partial charge in [-0.25, -0.2) is 0 Å². The van der Waals surface area contributed by atoms with E-state index >= 15 is 0 Å². The summed E-state index contributed by atoms with van der Waals surface area (Å²) in [6.45, 7) is 14.2. The zero-order valence-electron chi connectivity index (χ0n) is 11.5. The van der Waals surface area contributed by atoms with Crippen molar-refractivity contribution in [3.05, 3.63) is 0 Å². The number of nitrogens with one attached hydrogen (secondary N) is 1. The van der Waals surface area contributed by atoms with Gasteiger partial charge in [0.25, 0.3) is 0 Å². The van der Waals surface area contributed by atoms with Crippen molar-refractivity contribution < 1.29 is 0 Å². The van der Waals surface area contributed by atoms with E-state index in [4.69, 9.17) is 0 Å². The van der Waals surface area contributed by atoms with Crippen LogP contribution in [0.25, 0.3) is 0 Å². The maximum absolute atomic E-state index is 3.53. The standard InChI is InChI=1S/C13H29N3/c1-5-6-14-11-12(2)13(3)16-9-7-15(4)8-10-16/h12-14H,5-11H2,1-4H3. The fourth-order valence-corrected chi connectivity index (χ4v) is 2.27. The minimum absolute atomic E-state index is 0.707. The molecule has 3 nitrogen and oxygen atoms in total. The van der Waals surface area contributed by atoms with Crippen LogP contribution in [0.1, 0.15) is 27.2 Å². The van der Waals surface area contributed by atoms with Crippen LogP contribution in [-0.2, 0) is 0 Å². The normalized spacial score (nSPS) is 23.2. The summed E-state index contributed by atoms with van der Waals surface area (Å²) < 4.78 is 0. The van der Waals surface area contributed by atoms with Gasteiger partial charge in [0.05, 0.1) is 0 Å².